The molecule has 0 saturated heterocycles. The fraction of sp³-hybridized carbons (Fsp3) is 0.0769. The molecule has 5 rings (SSSR count). The summed E-state index contributed by atoms with van der Waals surface area (Å²) in [6.07, 6.45) is 0. The summed E-state index contributed by atoms with van der Waals surface area (Å²) in [7, 11) is 3.10. The van der Waals surface area contributed by atoms with E-state index in [1.54, 1.807) is 44.6 Å². The van der Waals surface area contributed by atoms with Gasteiger partial charge < -0.3 is 25.8 Å². The molecule has 10 heteroatoms. The number of benzene rings is 3. The maximum absolute atomic E-state index is 13.4. The smallest absolute Gasteiger partial charge is 0.267 e. The highest BCUT2D eigenvalue weighted by molar-refractivity contribution is 7.23. The molecule has 5 aromatic rings. The number of rotatable bonds is 7. The summed E-state index contributed by atoms with van der Waals surface area (Å²) in [6, 6.07) is 20.3. The van der Waals surface area contributed by atoms with Crippen molar-refractivity contribution in [2.45, 2.75) is 0 Å². The molecule has 0 atom stereocenters. The fourth-order valence-electron chi connectivity index (χ4n) is 3.62. The van der Waals surface area contributed by atoms with Gasteiger partial charge >= 0.3 is 0 Å². The number of carbonyl (C=O) groups is 1. The van der Waals surface area contributed by atoms with Gasteiger partial charge in [-0.3, -0.25) is 4.79 Å². The van der Waals surface area contributed by atoms with Gasteiger partial charge in [-0.2, -0.15) is 0 Å². The molecule has 3 aromatic carbocycles. The van der Waals surface area contributed by atoms with E-state index in [4.69, 9.17) is 31.8 Å². The molecule has 182 valence electrons. The minimum absolute atomic E-state index is 0.348. The Morgan fingerprint density at radius 3 is 2.31 bits per heavy atom. The fourth-order valence-corrected chi connectivity index (χ4v) is 5.88. The average Bonchev–Trinajstić information content (AvgIpc) is 3.45. The number of methoxy groups -OCH3 is 2. The molecule has 2 heterocycles. The van der Waals surface area contributed by atoms with Crippen LogP contribution in [-0.4, -0.2) is 25.1 Å². The average molecular weight is 537 g/mol. The molecule has 0 unspecified atom stereocenters. The number of nitrogens with two attached hydrogens (primary N) is 1. The van der Waals surface area contributed by atoms with E-state index in [0.29, 0.717) is 43.3 Å². The van der Waals surface area contributed by atoms with Crippen molar-refractivity contribution in [3.05, 3.63) is 76.6 Å². The van der Waals surface area contributed by atoms with E-state index >= 15 is 0 Å². The number of para-hydroxylation sites is 1. The van der Waals surface area contributed by atoms with Crippen LogP contribution in [0.5, 0.6) is 11.5 Å². The molecule has 0 fully saturated rings. The number of nitrogens with one attached hydrogen (secondary N) is 2. The molecule has 7 nitrogen and oxygen atoms in total. The van der Waals surface area contributed by atoms with Gasteiger partial charge in [0.1, 0.15) is 26.4 Å². The van der Waals surface area contributed by atoms with Gasteiger partial charge in [0.25, 0.3) is 5.91 Å². The van der Waals surface area contributed by atoms with Crippen LogP contribution in [0.4, 0.5) is 22.1 Å². The highest BCUT2D eigenvalue weighted by Gasteiger charge is 2.25. The first-order chi connectivity index (χ1) is 17.4. The number of carbonyl (C=O) groups excluding carboxylic acids is 1. The number of amides is 1. The number of halogens is 1. The number of nitrogen functional groups attached to an aromatic ring is 1. The van der Waals surface area contributed by atoms with Crippen LogP contribution in [0.25, 0.3) is 20.8 Å². The zero-order valence-electron chi connectivity index (χ0n) is 19.3. The molecule has 0 saturated carbocycles. The largest absolute Gasteiger partial charge is 0.497 e. The molecule has 0 aliphatic heterocycles. The lowest BCUT2D eigenvalue weighted by Gasteiger charge is -2.09. The SMILES string of the molecule is COc1cc(NC(=O)c2sc(Nc3ccc(Cl)cc3)c(-c3nc4ccccc4s3)c2N)cc(OC)c1. The summed E-state index contributed by atoms with van der Waals surface area (Å²) in [5.41, 5.74) is 9.85. The second kappa shape index (κ2) is 10.1. The van der Waals surface area contributed by atoms with Crippen LogP contribution in [-0.2, 0) is 0 Å². The van der Waals surface area contributed by atoms with E-state index < -0.39 is 0 Å². The quantitative estimate of drug-likeness (QED) is 0.202. The summed E-state index contributed by atoms with van der Waals surface area (Å²) in [4.78, 5) is 18.5. The zero-order chi connectivity index (χ0) is 25.2. The highest BCUT2D eigenvalue weighted by atomic mass is 35.5. The number of hydrogen-bond donors (Lipinski definition) is 3. The normalized spacial score (nSPS) is 10.9. The Bertz CT molecular complexity index is 1510. The molecule has 0 aliphatic rings. The van der Waals surface area contributed by atoms with Crippen molar-refractivity contribution in [1.82, 2.24) is 4.98 Å². The second-order valence-electron chi connectivity index (χ2n) is 7.72. The van der Waals surface area contributed by atoms with Crippen LogP contribution in [0.1, 0.15) is 9.67 Å². The molecule has 1 amide bonds. The molecule has 0 radical (unpaired) electrons. The van der Waals surface area contributed by atoms with Crippen LogP contribution >= 0.6 is 34.3 Å². The zero-order valence-corrected chi connectivity index (χ0v) is 21.7. The molecule has 2 aromatic heterocycles. The number of thiazole rings is 1. The van der Waals surface area contributed by atoms with Gasteiger partial charge in [-0.15, -0.1) is 22.7 Å². The van der Waals surface area contributed by atoms with Crippen molar-refractivity contribution < 1.29 is 14.3 Å². The molecule has 0 spiro atoms. The van der Waals surface area contributed by atoms with Gasteiger partial charge in [-0.05, 0) is 36.4 Å². The monoisotopic (exact) mass is 536 g/mol. The third-order valence-electron chi connectivity index (χ3n) is 5.37. The number of anilines is 4. The second-order valence-corrected chi connectivity index (χ2v) is 10.2. The standard InChI is InChI=1S/C26H21ClN4O3S2/c1-33-17-11-16(12-18(13-17)34-2)29-24(32)23-22(28)21(26-31-19-5-3-4-6-20(19)35-26)25(36-23)30-15-9-7-14(27)8-10-15/h3-13,30H,28H2,1-2H3,(H,29,32). The maximum Gasteiger partial charge on any atom is 0.267 e. The Morgan fingerprint density at radius 2 is 1.64 bits per heavy atom. The van der Waals surface area contributed by atoms with Crippen LogP contribution < -0.4 is 25.8 Å². The van der Waals surface area contributed by atoms with Crippen molar-refractivity contribution in [3.8, 4) is 22.1 Å². The molecule has 36 heavy (non-hydrogen) atoms. The third kappa shape index (κ3) is 4.81. The van der Waals surface area contributed by atoms with Crippen LogP contribution in [0.3, 0.4) is 0 Å². The Morgan fingerprint density at radius 1 is 0.944 bits per heavy atom. The topological polar surface area (TPSA) is 98.5 Å². The Kier molecular flexibility index (Phi) is 6.69. The number of aromatic nitrogens is 1. The van der Waals surface area contributed by atoms with E-state index in [2.05, 4.69) is 10.6 Å². The van der Waals surface area contributed by atoms with Gasteiger partial charge in [0, 0.05) is 34.6 Å². The first-order valence-corrected chi connectivity index (χ1v) is 12.8. The van der Waals surface area contributed by atoms with Gasteiger partial charge in [0.2, 0.25) is 0 Å². The third-order valence-corrected chi connectivity index (χ3v) is 7.80. The minimum Gasteiger partial charge on any atom is -0.497 e. The van der Waals surface area contributed by atoms with Crippen molar-refractivity contribution in [1.29, 1.82) is 0 Å². The lowest BCUT2D eigenvalue weighted by molar-refractivity contribution is 0.103. The molecule has 0 aliphatic carbocycles. The summed E-state index contributed by atoms with van der Waals surface area (Å²) in [5, 5.41) is 8.36. The van der Waals surface area contributed by atoms with Crippen LogP contribution in [0.2, 0.25) is 5.02 Å². The first kappa shape index (κ1) is 23.9. The molecular weight excluding hydrogens is 516 g/mol. The first-order valence-electron chi connectivity index (χ1n) is 10.8. The van der Waals surface area contributed by atoms with E-state index in [1.807, 2.05) is 36.4 Å². The summed E-state index contributed by atoms with van der Waals surface area (Å²) in [6.45, 7) is 0. The van der Waals surface area contributed by atoms with E-state index in [0.717, 1.165) is 20.9 Å². The van der Waals surface area contributed by atoms with Gasteiger partial charge in [-0.25, -0.2) is 4.98 Å². The van der Waals surface area contributed by atoms with Gasteiger partial charge in [-0.1, -0.05) is 23.7 Å². The number of nitrogens with zero attached hydrogens (tertiary/aromatic N) is 1. The lowest BCUT2D eigenvalue weighted by Crippen LogP contribution is -2.12. The number of thiophene rings is 1. The maximum atomic E-state index is 13.4. The van der Waals surface area contributed by atoms with E-state index in [-0.39, 0.29) is 5.91 Å². The summed E-state index contributed by atoms with van der Waals surface area (Å²) < 4.78 is 11.7. The van der Waals surface area contributed by atoms with Crippen molar-refractivity contribution >= 4 is 72.5 Å². The number of ether oxygens (including phenoxy) is 2. The Balaban J connectivity index is 1.56. The summed E-state index contributed by atoms with van der Waals surface area (Å²) >= 11 is 8.83. The lowest BCUT2D eigenvalue weighted by atomic mass is 10.2. The molecule has 4 N–H and O–H groups in total. The Labute approximate surface area is 220 Å². The van der Waals surface area contributed by atoms with Crippen molar-refractivity contribution in [2.24, 2.45) is 0 Å². The van der Waals surface area contributed by atoms with Crippen LogP contribution in [0, 0.1) is 0 Å². The van der Waals surface area contributed by atoms with Crippen molar-refractivity contribution in [2.75, 3.05) is 30.6 Å². The van der Waals surface area contributed by atoms with Gasteiger partial charge in [0.05, 0.1) is 35.7 Å². The van der Waals surface area contributed by atoms with Gasteiger partial charge in [0.15, 0.2) is 0 Å². The number of fused-ring (bicyclic) bond motifs is 1. The predicted molar refractivity (Wildman–Crippen MR) is 150 cm³/mol. The molecular formula is C26H21ClN4O3S2. The summed E-state index contributed by atoms with van der Waals surface area (Å²) in [5.74, 6) is 0.771. The van der Waals surface area contributed by atoms with E-state index in [9.17, 15) is 4.79 Å². The Hall–Kier alpha value is -3.79. The van der Waals surface area contributed by atoms with Crippen LogP contribution in [0.15, 0.2) is 66.7 Å². The predicted octanol–water partition coefficient (Wildman–Crippen LogP) is 7.27. The van der Waals surface area contributed by atoms with Crippen molar-refractivity contribution in [3.63, 3.8) is 0 Å². The minimum atomic E-state index is -0.348. The molecule has 0 bridgehead atoms. The van der Waals surface area contributed by atoms with E-state index in [1.165, 1.54) is 22.7 Å². The highest BCUT2D eigenvalue weighted by Crippen LogP contribution is 2.46. The number of hydrogen-bond acceptors (Lipinski definition) is 8.